The van der Waals surface area contributed by atoms with E-state index in [-0.39, 0.29) is 11.5 Å². The lowest BCUT2D eigenvalue weighted by Crippen LogP contribution is -2.07. The van der Waals surface area contributed by atoms with Crippen molar-refractivity contribution in [3.63, 3.8) is 0 Å². The molecule has 7 heteroatoms. The summed E-state index contributed by atoms with van der Waals surface area (Å²) in [6, 6.07) is 2.11. The summed E-state index contributed by atoms with van der Waals surface area (Å²) in [6.07, 6.45) is -4.45. The minimum atomic E-state index is -4.45. The molecule has 4 nitrogen and oxygen atoms in total. The Bertz CT molecular complexity index is 473. The van der Waals surface area contributed by atoms with Gasteiger partial charge in [0.05, 0.1) is 5.39 Å². The number of rotatable bonds is 0. The maximum absolute atomic E-state index is 12.2. The van der Waals surface area contributed by atoms with Crippen molar-refractivity contribution >= 4 is 16.9 Å². The van der Waals surface area contributed by atoms with Crippen LogP contribution in [-0.4, -0.2) is 15.2 Å². The highest BCUT2D eigenvalue weighted by Crippen LogP contribution is 2.29. The summed E-state index contributed by atoms with van der Waals surface area (Å²) < 4.78 is 36.6. The van der Waals surface area contributed by atoms with Gasteiger partial charge in [-0.1, -0.05) is 0 Å². The number of aromatic nitrogens is 3. The molecule has 2 rings (SSSR count). The maximum Gasteiger partial charge on any atom is 0.433 e. The highest BCUT2D eigenvalue weighted by atomic mass is 19.4. The molecule has 2 heterocycles. The van der Waals surface area contributed by atoms with E-state index in [0.717, 1.165) is 6.07 Å². The number of nitrogens with two attached hydrogens (primary N) is 1. The Balaban J connectivity index is 2.63. The first-order chi connectivity index (χ1) is 6.48. The van der Waals surface area contributed by atoms with Gasteiger partial charge in [0.1, 0.15) is 5.69 Å². The van der Waals surface area contributed by atoms with Gasteiger partial charge in [0.2, 0.25) is 0 Å². The quantitative estimate of drug-likeness (QED) is 0.681. The number of nitrogens with zero attached hydrogens (tertiary/aromatic N) is 2. The minimum absolute atomic E-state index is 0.0392. The van der Waals surface area contributed by atoms with E-state index in [1.54, 1.807) is 0 Å². The van der Waals surface area contributed by atoms with Crippen molar-refractivity contribution in [1.82, 2.24) is 15.2 Å². The lowest BCUT2D eigenvalue weighted by molar-refractivity contribution is -0.141. The highest BCUT2D eigenvalue weighted by molar-refractivity contribution is 5.85. The highest BCUT2D eigenvalue weighted by Gasteiger charge is 2.32. The topological polar surface area (TPSA) is 67.6 Å². The third kappa shape index (κ3) is 1.26. The number of fused-ring (bicyclic) bond motifs is 1. The van der Waals surface area contributed by atoms with Crippen LogP contribution in [0, 0.1) is 0 Å². The van der Waals surface area contributed by atoms with Crippen LogP contribution in [0.2, 0.25) is 0 Å². The molecule has 0 unspecified atom stereocenters. The van der Waals surface area contributed by atoms with E-state index in [1.807, 2.05) is 0 Å². The van der Waals surface area contributed by atoms with Crippen LogP contribution in [0.3, 0.4) is 0 Å². The maximum atomic E-state index is 12.2. The Hall–Kier alpha value is -1.79. The van der Waals surface area contributed by atoms with E-state index in [1.165, 1.54) is 6.07 Å². The molecule has 0 aliphatic carbocycles. The Morgan fingerprint density at radius 1 is 1.29 bits per heavy atom. The molecule has 2 aromatic heterocycles. The number of hydrogen-bond acceptors (Lipinski definition) is 3. The van der Waals surface area contributed by atoms with Crippen LogP contribution in [0.25, 0.3) is 11.0 Å². The number of halogens is 3. The predicted octanol–water partition coefficient (Wildman–Crippen LogP) is 1.56. The largest absolute Gasteiger partial charge is 0.433 e. The van der Waals surface area contributed by atoms with Gasteiger partial charge in [-0.2, -0.15) is 18.3 Å². The fraction of sp³-hybridized carbons (Fsp3) is 0.143. The van der Waals surface area contributed by atoms with E-state index in [4.69, 9.17) is 5.73 Å². The number of H-pyrrole nitrogens is 1. The van der Waals surface area contributed by atoms with Crippen LogP contribution in [0.15, 0.2) is 12.1 Å². The fourth-order valence-electron chi connectivity index (χ4n) is 1.08. The second-order valence-corrected chi connectivity index (χ2v) is 2.70. The molecule has 0 amide bonds. The number of aromatic amines is 1. The van der Waals surface area contributed by atoms with Gasteiger partial charge in [-0.25, -0.2) is 4.98 Å². The molecule has 0 fully saturated rings. The summed E-state index contributed by atoms with van der Waals surface area (Å²) in [6.45, 7) is 0. The number of alkyl halides is 3. The van der Waals surface area contributed by atoms with E-state index in [9.17, 15) is 13.2 Å². The van der Waals surface area contributed by atoms with Gasteiger partial charge < -0.3 is 5.73 Å². The first-order valence-corrected chi connectivity index (χ1v) is 3.66. The molecule has 0 saturated carbocycles. The Morgan fingerprint density at radius 3 is 2.64 bits per heavy atom. The number of pyridine rings is 1. The molecule has 0 saturated heterocycles. The molecule has 2 aromatic rings. The van der Waals surface area contributed by atoms with E-state index in [2.05, 4.69) is 15.2 Å². The number of nitrogen functional groups attached to an aromatic ring is 1. The predicted molar refractivity (Wildman–Crippen MR) is 43.3 cm³/mol. The molecule has 3 N–H and O–H groups in total. The van der Waals surface area contributed by atoms with Gasteiger partial charge in [-0.05, 0) is 12.1 Å². The molecule has 0 aliphatic heterocycles. The lowest BCUT2D eigenvalue weighted by atomic mass is 10.3. The van der Waals surface area contributed by atoms with Crippen LogP contribution in [0.1, 0.15) is 5.69 Å². The van der Waals surface area contributed by atoms with Crippen LogP contribution in [0.4, 0.5) is 19.0 Å². The average molecular weight is 202 g/mol. The van der Waals surface area contributed by atoms with Gasteiger partial charge in [0.25, 0.3) is 0 Å². The van der Waals surface area contributed by atoms with Gasteiger partial charge in [0.15, 0.2) is 11.5 Å². The molecule has 14 heavy (non-hydrogen) atoms. The van der Waals surface area contributed by atoms with Gasteiger partial charge in [-0.3, -0.25) is 5.10 Å². The van der Waals surface area contributed by atoms with Crippen LogP contribution in [0.5, 0.6) is 0 Å². The molecular formula is C7H5F3N4. The fourth-order valence-corrected chi connectivity index (χ4v) is 1.08. The van der Waals surface area contributed by atoms with Crippen molar-refractivity contribution in [3.05, 3.63) is 17.8 Å². The van der Waals surface area contributed by atoms with E-state index >= 15 is 0 Å². The third-order valence-electron chi connectivity index (χ3n) is 1.74. The first kappa shape index (κ1) is 8.79. The molecule has 0 spiro atoms. The van der Waals surface area contributed by atoms with Gasteiger partial charge in [0, 0.05) is 0 Å². The summed E-state index contributed by atoms with van der Waals surface area (Å²) in [4.78, 5) is 3.34. The second-order valence-electron chi connectivity index (χ2n) is 2.70. The van der Waals surface area contributed by atoms with Gasteiger partial charge in [-0.15, -0.1) is 0 Å². The summed E-state index contributed by atoms with van der Waals surface area (Å²) in [5, 5.41) is 6.24. The van der Waals surface area contributed by atoms with Crippen LogP contribution < -0.4 is 5.73 Å². The molecular weight excluding hydrogens is 197 g/mol. The number of nitrogens with one attached hydrogen (secondary N) is 1. The zero-order chi connectivity index (χ0) is 10.3. The smallest absolute Gasteiger partial charge is 0.382 e. The lowest BCUT2D eigenvalue weighted by Gasteiger charge is -2.03. The Morgan fingerprint density at radius 2 is 2.00 bits per heavy atom. The molecule has 0 aromatic carbocycles. The standard InChI is InChI=1S/C7H5F3N4/c8-7(9,10)4-2-1-3-5(11)13-14-6(3)12-4/h1-2H,(H3,11,12,13,14). The Labute approximate surface area is 75.9 Å². The zero-order valence-electron chi connectivity index (χ0n) is 6.76. The van der Waals surface area contributed by atoms with Crippen molar-refractivity contribution in [1.29, 1.82) is 0 Å². The van der Waals surface area contributed by atoms with Crippen molar-refractivity contribution in [2.45, 2.75) is 6.18 Å². The minimum Gasteiger partial charge on any atom is -0.382 e. The van der Waals surface area contributed by atoms with E-state index < -0.39 is 11.9 Å². The number of anilines is 1. The molecule has 0 radical (unpaired) electrons. The van der Waals surface area contributed by atoms with Crippen molar-refractivity contribution in [2.75, 3.05) is 5.73 Å². The third-order valence-corrected chi connectivity index (χ3v) is 1.74. The molecule has 0 bridgehead atoms. The molecule has 0 aliphatic rings. The van der Waals surface area contributed by atoms with Crippen molar-refractivity contribution < 1.29 is 13.2 Å². The van der Waals surface area contributed by atoms with Gasteiger partial charge >= 0.3 is 6.18 Å². The number of hydrogen-bond donors (Lipinski definition) is 2. The van der Waals surface area contributed by atoms with Crippen LogP contribution >= 0.6 is 0 Å². The molecule has 74 valence electrons. The summed E-state index contributed by atoms with van der Waals surface area (Å²) in [5.41, 5.74) is 4.45. The SMILES string of the molecule is Nc1n[nH]c2nc(C(F)(F)F)ccc12. The summed E-state index contributed by atoms with van der Waals surface area (Å²) in [5.74, 6) is 0.140. The zero-order valence-corrected chi connectivity index (χ0v) is 6.76. The van der Waals surface area contributed by atoms with Crippen molar-refractivity contribution in [3.8, 4) is 0 Å². The average Bonchev–Trinajstić information content (AvgIpc) is 2.46. The second kappa shape index (κ2) is 2.60. The summed E-state index contributed by atoms with van der Waals surface area (Å²) >= 11 is 0. The monoisotopic (exact) mass is 202 g/mol. The van der Waals surface area contributed by atoms with Crippen LogP contribution in [-0.2, 0) is 6.18 Å². The summed E-state index contributed by atoms with van der Waals surface area (Å²) in [7, 11) is 0. The Kier molecular flexibility index (Phi) is 1.63. The van der Waals surface area contributed by atoms with Crippen molar-refractivity contribution in [2.24, 2.45) is 0 Å². The van der Waals surface area contributed by atoms with E-state index in [0.29, 0.717) is 5.39 Å². The normalized spacial score (nSPS) is 12.2. The first-order valence-electron chi connectivity index (χ1n) is 3.66. The molecule has 0 atom stereocenters.